The molecule has 0 aliphatic heterocycles. The Morgan fingerprint density at radius 2 is 1.10 bits per heavy atom. The second-order valence-corrected chi connectivity index (χ2v) is 6.61. The van der Waals surface area contributed by atoms with Crippen LogP contribution in [-0.2, 0) is 9.84 Å². The summed E-state index contributed by atoms with van der Waals surface area (Å²) in [6.45, 7) is 0. The largest absolute Gasteiger partial charge is 0.447 e. The van der Waals surface area contributed by atoms with Gasteiger partial charge in [0.25, 0.3) is 0 Å². The first-order chi connectivity index (χ1) is 9.14. The number of hydrogen-bond donors (Lipinski definition) is 0. The van der Waals surface area contributed by atoms with Crippen molar-refractivity contribution in [2.45, 2.75) is 22.2 Å². The van der Waals surface area contributed by atoms with Gasteiger partial charge in [0, 0.05) is 10.0 Å². The second-order valence-electron chi connectivity index (χ2n) is 3.70. The van der Waals surface area contributed by atoms with E-state index in [-0.39, 0.29) is 12.1 Å². The summed E-state index contributed by atoms with van der Waals surface area (Å²) in [7, 11) is -6.55. The van der Waals surface area contributed by atoms with Gasteiger partial charge in [-0.15, -0.1) is 0 Å². The maximum Gasteiger partial charge on any atom is 0.447 e. The Labute approximate surface area is 123 Å². The topological polar surface area (TPSA) is 34.1 Å². The zero-order chi connectivity index (χ0) is 16.9. The third kappa shape index (κ3) is 2.93. The van der Waals surface area contributed by atoms with Crippen LogP contribution in [0.25, 0.3) is 0 Å². The summed E-state index contributed by atoms with van der Waals surface area (Å²) in [5, 5.41) is -7.64. The lowest BCUT2D eigenvalue weighted by atomic mass is 10.3. The highest BCUT2D eigenvalue weighted by atomic mass is 35.5. The Morgan fingerprint density at radius 1 is 0.762 bits per heavy atom. The monoisotopic (exact) mass is 378 g/mol. The highest BCUT2D eigenvalue weighted by Gasteiger charge is 2.80. The Morgan fingerprint density at radius 3 is 1.38 bits per heavy atom. The molecule has 1 aromatic rings. The molecule has 12 heteroatoms. The number of halogens is 9. The average Bonchev–Trinajstić information content (AvgIpc) is 2.23. The molecule has 0 radical (unpaired) electrons. The molecule has 120 valence electrons. The normalized spacial score (nSPS) is 14.3. The third-order valence-electron chi connectivity index (χ3n) is 2.25. The number of hydrogen-bond acceptors (Lipinski definition) is 2. The molecule has 0 fully saturated rings. The summed E-state index contributed by atoms with van der Waals surface area (Å²) < 4.78 is 111. The first-order valence-corrected chi connectivity index (χ1v) is 6.91. The maximum absolute atomic E-state index is 13.6. The van der Waals surface area contributed by atoms with Crippen molar-refractivity contribution in [1.29, 1.82) is 0 Å². The van der Waals surface area contributed by atoms with Gasteiger partial charge in [-0.05, 0) is 18.2 Å². The van der Waals surface area contributed by atoms with Gasteiger partial charge in [-0.25, -0.2) is 12.8 Å². The molecule has 0 bridgehead atoms. The molecular weight excluding hydrogens is 376 g/mol. The minimum Gasteiger partial charge on any atom is -0.220 e. The molecule has 0 atom stereocenters. The minimum absolute atomic E-state index is 0.231. The summed E-state index contributed by atoms with van der Waals surface area (Å²) in [6, 6.07) is 1.31. The van der Waals surface area contributed by atoms with Gasteiger partial charge in [-0.1, -0.05) is 23.2 Å². The molecule has 1 rings (SSSR count). The van der Waals surface area contributed by atoms with Crippen molar-refractivity contribution >= 4 is 33.0 Å². The Bertz CT molecular complexity index is 617. The van der Waals surface area contributed by atoms with Crippen molar-refractivity contribution in [3.05, 3.63) is 28.2 Å². The van der Waals surface area contributed by atoms with Gasteiger partial charge in [0.2, 0.25) is 9.84 Å². The van der Waals surface area contributed by atoms with Crippen molar-refractivity contribution in [3.8, 4) is 0 Å². The van der Waals surface area contributed by atoms with Crippen molar-refractivity contribution in [2.24, 2.45) is 0 Å². The van der Waals surface area contributed by atoms with Crippen LogP contribution in [0.15, 0.2) is 23.1 Å². The van der Waals surface area contributed by atoms with Crippen LogP contribution >= 0.6 is 23.2 Å². The molecule has 21 heavy (non-hydrogen) atoms. The number of rotatable bonds is 2. The van der Waals surface area contributed by atoms with Gasteiger partial charge in [0.1, 0.15) is 0 Å². The van der Waals surface area contributed by atoms with Crippen LogP contribution in [0.2, 0.25) is 10.0 Å². The van der Waals surface area contributed by atoms with E-state index < -0.39 is 42.1 Å². The molecule has 0 saturated heterocycles. The van der Waals surface area contributed by atoms with Crippen molar-refractivity contribution in [1.82, 2.24) is 0 Å². The lowest BCUT2D eigenvalue weighted by Gasteiger charge is -2.29. The molecule has 0 unspecified atom stereocenters. The molecular formula is C9H3Cl2F7O2S. The van der Waals surface area contributed by atoms with E-state index in [0.717, 1.165) is 6.07 Å². The van der Waals surface area contributed by atoms with Crippen LogP contribution in [-0.4, -0.2) is 25.8 Å². The standard InChI is InChI=1S/C9H3Cl2F7O2S/c10-4-1-5(11)3-6(2-4)21(19,20)7(12,8(13,14)15)9(16,17)18/h1-3H. The number of alkyl halides is 7. The van der Waals surface area contributed by atoms with Gasteiger partial charge < -0.3 is 0 Å². The first-order valence-electron chi connectivity index (χ1n) is 4.67. The number of benzene rings is 1. The second kappa shape index (κ2) is 5.17. The number of sulfone groups is 1. The smallest absolute Gasteiger partial charge is 0.220 e. The Kier molecular flexibility index (Phi) is 4.50. The molecule has 0 spiro atoms. The zero-order valence-corrected chi connectivity index (χ0v) is 11.7. The van der Waals surface area contributed by atoms with Crippen LogP contribution in [0.1, 0.15) is 0 Å². The molecule has 2 nitrogen and oxygen atoms in total. The van der Waals surface area contributed by atoms with Gasteiger partial charge in [-0.2, -0.15) is 26.3 Å². The van der Waals surface area contributed by atoms with Crippen LogP contribution in [0.5, 0.6) is 0 Å². The van der Waals surface area contributed by atoms with E-state index >= 15 is 0 Å². The molecule has 0 aliphatic carbocycles. The van der Waals surface area contributed by atoms with Crippen molar-refractivity contribution in [3.63, 3.8) is 0 Å². The fraction of sp³-hybridized carbons (Fsp3) is 0.333. The van der Waals surface area contributed by atoms with E-state index in [2.05, 4.69) is 0 Å². The lowest BCUT2D eigenvalue weighted by Crippen LogP contribution is -2.58. The fourth-order valence-corrected chi connectivity index (χ4v) is 3.47. The molecule has 0 N–H and O–H groups in total. The predicted molar refractivity (Wildman–Crippen MR) is 59.6 cm³/mol. The summed E-state index contributed by atoms with van der Waals surface area (Å²) in [4.78, 5) is -1.64. The lowest BCUT2D eigenvalue weighted by molar-refractivity contribution is -0.305. The molecule has 0 aliphatic rings. The molecule has 0 aromatic heterocycles. The fourth-order valence-electron chi connectivity index (χ4n) is 1.31. The SMILES string of the molecule is O=S(=O)(c1cc(Cl)cc(Cl)c1)C(F)(C(F)(F)F)C(F)(F)F. The summed E-state index contributed by atoms with van der Waals surface area (Å²) >= 11 is 10.6. The molecule has 1 aromatic carbocycles. The molecule has 0 saturated carbocycles. The predicted octanol–water partition coefficient (Wildman–Crippen LogP) is 4.56. The van der Waals surface area contributed by atoms with Crippen LogP contribution in [0.4, 0.5) is 30.7 Å². The van der Waals surface area contributed by atoms with Crippen LogP contribution < -0.4 is 0 Å². The van der Waals surface area contributed by atoms with Crippen molar-refractivity contribution in [2.75, 3.05) is 0 Å². The van der Waals surface area contributed by atoms with Gasteiger partial charge in [0.05, 0.1) is 4.90 Å². The van der Waals surface area contributed by atoms with Crippen LogP contribution in [0.3, 0.4) is 0 Å². The average molecular weight is 379 g/mol. The summed E-state index contributed by atoms with van der Waals surface area (Å²) in [6.07, 6.45) is -13.5. The van der Waals surface area contributed by atoms with E-state index in [0.29, 0.717) is 0 Å². The van der Waals surface area contributed by atoms with E-state index in [9.17, 15) is 39.2 Å². The van der Waals surface area contributed by atoms with E-state index in [4.69, 9.17) is 23.2 Å². The molecule has 0 amide bonds. The van der Waals surface area contributed by atoms with E-state index in [1.54, 1.807) is 0 Å². The van der Waals surface area contributed by atoms with Gasteiger partial charge >= 0.3 is 17.4 Å². The Hall–Kier alpha value is -0.740. The van der Waals surface area contributed by atoms with Gasteiger partial charge in [0.15, 0.2) is 0 Å². The van der Waals surface area contributed by atoms with E-state index in [1.807, 2.05) is 0 Å². The quantitative estimate of drug-likeness (QED) is 0.707. The maximum atomic E-state index is 13.6. The van der Waals surface area contributed by atoms with Crippen LogP contribution in [0, 0.1) is 0 Å². The van der Waals surface area contributed by atoms with Gasteiger partial charge in [-0.3, -0.25) is 0 Å². The Balaban J connectivity index is 3.73. The summed E-state index contributed by atoms with van der Waals surface area (Å²) in [5.74, 6) is 0. The van der Waals surface area contributed by atoms with E-state index in [1.165, 1.54) is 0 Å². The third-order valence-corrected chi connectivity index (χ3v) is 4.74. The van der Waals surface area contributed by atoms with Crippen molar-refractivity contribution < 1.29 is 39.2 Å². The summed E-state index contributed by atoms with van der Waals surface area (Å²) in [5.41, 5.74) is 0. The highest BCUT2D eigenvalue weighted by molar-refractivity contribution is 7.92. The minimum atomic E-state index is -6.75. The highest BCUT2D eigenvalue weighted by Crippen LogP contribution is 2.52. The molecule has 0 heterocycles. The zero-order valence-electron chi connectivity index (χ0n) is 9.36. The first kappa shape index (κ1) is 18.3.